The minimum absolute atomic E-state index is 0.0800. The van der Waals surface area contributed by atoms with Gasteiger partial charge in [-0.2, -0.15) is 0 Å². The lowest BCUT2D eigenvalue weighted by molar-refractivity contribution is -0.196. The molecule has 1 amide bonds. The average molecular weight is 810 g/mol. The number of nitrogens with one attached hydrogen (secondary N) is 2. The highest BCUT2D eigenvalue weighted by Crippen LogP contribution is 2.25. The number of hydrogen-bond donors (Lipinski definition) is 12. The highest BCUT2D eigenvalue weighted by molar-refractivity contribution is 5.76. The number of hydrogen-bond acceptors (Lipinski definition) is 15. The Bertz CT molecular complexity index is 931. The lowest BCUT2D eigenvalue weighted by Gasteiger charge is -2.35. The summed E-state index contributed by atoms with van der Waals surface area (Å²) in [5, 5.41) is 52.1. The Hall–Kier alpha value is -1.09. The van der Waals surface area contributed by atoms with E-state index in [-0.39, 0.29) is 68.0 Å². The van der Waals surface area contributed by atoms with Crippen molar-refractivity contribution in [2.45, 2.75) is 198 Å². The molecule has 56 heavy (non-hydrogen) atoms. The smallest absolute Gasteiger partial charge is 0.222 e. The van der Waals surface area contributed by atoms with Gasteiger partial charge in [-0.3, -0.25) is 4.79 Å². The van der Waals surface area contributed by atoms with Gasteiger partial charge in [0.05, 0.1) is 68.4 Å². The minimum atomic E-state index is -0.741. The summed E-state index contributed by atoms with van der Waals surface area (Å²) < 4.78 is 15.7. The van der Waals surface area contributed by atoms with Crippen LogP contribution in [-0.4, -0.2) is 145 Å². The Labute approximate surface area is 338 Å². The Balaban J connectivity index is 0.000000704. The Kier molecular flexibility index (Phi) is 32.1. The lowest BCUT2D eigenvalue weighted by Crippen LogP contribution is -2.47. The van der Waals surface area contributed by atoms with Crippen LogP contribution in [0.5, 0.6) is 0 Å². The number of carbonyl (C=O) groups excluding carboxylic acids is 1. The summed E-state index contributed by atoms with van der Waals surface area (Å²) in [5.41, 5.74) is 26.8. The molecule has 16 nitrogen and oxygen atoms in total. The summed E-state index contributed by atoms with van der Waals surface area (Å²) in [5.74, 6) is 1.08. The van der Waals surface area contributed by atoms with Crippen molar-refractivity contribution in [3.8, 4) is 0 Å². The Morgan fingerprint density at radius 2 is 1.45 bits per heavy atom. The molecule has 0 aromatic heterocycles. The molecular formula is C40H87N7O9. The SMILES string of the molecule is CC1CC(N)CC(NC(=O)CC(O)CN)C1.CC1CCC(CO)O1.CCCCC.CN.C[C@H]1CC(O)[C@@H](N)CO1.NC1CC(CNCC2O[C@H](O)CC[C@@H]2O)C1. The van der Waals surface area contributed by atoms with Crippen LogP contribution >= 0.6 is 0 Å². The molecule has 8 unspecified atom stereocenters. The summed E-state index contributed by atoms with van der Waals surface area (Å²) in [6.07, 6.45) is 11.2. The van der Waals surface area contributed by atoms with Gasteiger partial charge in [-0.25, -0.2) is 0 Å². The number of rotatable bonds is 11. The summed E-state index contributed by atoms with van der Waals surface area (Å²) in [7, 11) is 1.50. The molecule has 336 valence electrons. The second-order valence-corrected chi connectivity index (χ2v) is 16.3. The van der Waals surface area contributed by atoms with E-state index in [4.69, 9.17) is 47.4 Å². The van der Waals surface area contributed by atoms with Gasteiger partial charge in [0.2, 0.25) is 5.91 Å². The molecule has 5 fully saturated rings. The van der Waals surface area contributed by atoms with Gasteiger partial charge in [0.1, 0.15) is 0 Å². The summed E-state index contributed by atoms with van der Waals surface area (Å²) >= 11 is 0. The molecule has 5 aliphatic rings. The van der Waals surface area contributed by atoms with Crippen molar-refractivity contribution < 1.29 is 44.5 Å². The molecular weight excluding hydrogens is 722 g/mol. The van der Waals surface area contributed by atoms with Crippen molar-refractivity contribution in [3.63, 3.8) is 0 Å². The summed E-state index contributed by atoms with van der Waals surface area (Å²) in [6, 6.07) is 0.524. The van der Waals surface area contributed by atoms with E-state index in [0.29, 0.717) is 56.4 Å². The number of amides is 1. The maximum atomic E-state index is 11.5. The van der Waals surface area contributed by atoms with Crippen LogP contribution in [0.25, 0.3) is 0 Å². The van der Waals surface area contributed by atoms with E-state index >= 15 is 0 Å². The van der Waals surface area contributed by atoms with Crippen LogP contribution in [0, 0.1) is 11.8 Å². The van der Waals surface area contributed by atoms with E-state index < -0.39 is 18.5 Å². The lowest BCUT2D eigenvalue weighted by atomic mass is 9.81. The van der Waals surface area contributed by atoms with E-state index in [0.717, 1.165) is 51.5 Å². The number of aliphatic hydroxyl groups is 5. The first kappa shape index (κ1) is 54.9. The zero-order valence-electron chi connectivity index (χ0n) is 35.8. The molecule has 2 aliphatic carbocycles. The Morgan fingerprint density at radius 3 is 1.91 bits per heavy atom. The molecule has 3 aliphatic heterocycles. The molecule has 0 aromatic carbocycles. The fourth-order valence-corrected chi connectivity index (χ4v) is 7.13. The molecule has 17 N–H and O–H groups in total. The molecule has 3 saturated heterocycles. The van der Waals surface area contributed by atoms with E-state index in [9.17, 15) is 20.1 Å². The third-order valence-electron chi connectivity index (χ3n) is 10.4. The van der Waals surface area contributed by atoms with Crippen LogP contribution in [0.1, 0.15) is 125 Å². The van der Waals surface area contributed by atoms with Crippen molar-refractivity contribution in [3.05, 3.63) is 0 Å². The van der Waals surface area contributed by atoms with Gasteiger partial charge >= 0.3 is 0 Å². The highest BCUT2D eigenvalue weighted by atomic mass is 16.6. The number of aliphatic hydroxyl groups excluding tert-OH is 5. The summed E-state index contributed by atoms with van der Waals surface area (Å²) in [4.78, 5) is 11.5. The monoisotopic (exact) mass is 810 g/mol. The fourth-order valence-electron chi connectivity index (χ4n) is 7.13. The largest absolute Gasteiger partial charge is 0.394 e. The molecule has 2 saturated carbocycles. The quantitative estimate of drug-likeness (QED) is 0.134. The first-order chi connectivity index (χ1) is 26.6. The van der Waals surface area contributed by atoms with Gasteiger partial charge in [0.15, 0.2) is 6.29 Å². The van der Waals surface area contributed by atoms with Crippen LogP contribution < -0.4 is 39.3 Å². The number of ether oxygens (including phenoxy) is 3. The highest BCUT2D eigenvalue weighted by Gasteiger charge is 2.30. The second-order valence-electron chi connectivity index (χ2n) is 16.3. The zero-order valence-corrected chi connectivity index (χ0v) is 35.8. The maximum absolute atomic E-state index is 11.5. The van der Waals surface area contributed by atoms with Gasteiger partial charge in [-0.05, 0) is 90.6 Å². The average Bonchev–Trinajstić information content (AvgIpc) is 3.57. The van der Waals surface area contributed by atoms with Crippen molar-refractivity contribution in [2.75, 3.05) is 39.9 Å². The van der Waals surface area contributed by atoms with Gasteiger partial charge in [-0.1, -0.05) is 40.0 Å². The van der Waals surface area contributed by atoms with E-state index in [1.807, 2.05) is 13.8 Å². The van der Waals surface area contributed by atoms with Crippen molar-refractivity contribution in [2.24, 2.45) is 40.5 Å². The predicted octanol–water partition coefficient (Wildman–Crippen LogP) is 0.301. The number of carbonyl (C=O) groups is 1. The molecule has 0 bridgehead atoms. The van der Waals surface area contributed by atoms with Crippen LogP contribution in [0.3, 0.4) is 0 Å². The van der Waals surface area contributed by atoms with Gasteiger partial charge in [-0.15, -0.1) is 0 Å². The van der Waals surface area contributed by atoms with Crippen LogP contribution in [0.15, 0.2) is 0 Å². The Morgan fingerprint density at radius 1 is 0.804 bits per heavy atom. The van der Waals surface area contributed by atoms with E-state index in [1.165, 1.54) is 26.3 Å². The van der Waals surface area contributed by atoms with Crippen LogP contribution in [-0.2, 0) is 19.0 Å². The topological polar surface area (TPSA) is 300 Å². The molecule has 3 heterocycles. The second kappa shape index (κ2) is 32.7. The van der Waals surface area contributed by atoms with Gasteiger partial charge in [0, 0.05) is 44.1 Å². The van der Waals surface area contributed by atoms with Crippen molar-refractivity contribution in [1.29, 1.82) is 0 Å². The number of unbranched alkanes of at least 4 members (excludes halogenated alkanes) is 2. The number of nitrogens with two attached hydrogens (primary N) is 5. The first-order valence-corrected chi connectivity index (χ1v) is 21.4. The molecule has 16 heteroatoms. The van der Waals surface area contributed by atoms with E-state index in [1.54, 1.807) is 0 Å². The van der Waals surface area contributed by atoms with Gasteiger partial charge in [0.25, 0.3) is 0 Å². The third-order valence-corrected chi connectivity index (χ3v) is 10.4. The maximum Gasteiger partial charge on any atom is 0.222 e. The normalized spacial score (nSPS) is 35.3. The van der Waals surface area contributed by atoms with E-state index in [2.05, 4.69) is 37.1 Å². The fraction of sp³-hybridized carbons (Fsp3) is 0.975. The first-order valence-electron chi connectivity index (χ1n) is 21.4. The third kappa shape index (κ3) is 26.1. The summed E-state index contributed by atoms with van der Waals surface area (Å²) in [6.45, 7) is 12.9. The van der Waals surface area contributed by atoms with Gasteiger partial charge < -0.3 is 79.0 Å². The zero-order chi connectivity index (χ0) is 42.6. The van der Waals surface area contributed by atoms with Crippen LogP contribution in [0.4, 0.5) is 0 Å². The van der Waals surface area contributed by atoms with Crippen LogP contribution in [0.2, 0.25) is 0 Å². The molecule has 12 atom stereocenters. The van der Waals surface area contributed by atoms with Crippen molar-refractivity contribution >= 4 is 5.91 Å². The molecule has 0 spiro atoms. The molecule has 0 radical (unpaired) electrons. The molecule has 5 rings (SSSR count). The minimum Gasteiger partial charge on any atom is -0.394 e. The predicted molar refractivity (Wildman–Crippen MR) is 222 cm³/mol. The molecule has 0 aromatic rings. The van der Waals surface area contributed by atoms with Crippen molar-refractivity contribution in [1.82, 2.24) is 10.6 Å². The standard InChI is InChI=1S/C11H23N3O2.C11H22N2O3.C6H13NO2.C6H12O2.C5H12.CH5N/c1-7-2-8(13)4-9(3-7)14-11(16)5-10(15)6-12;12-8-3-7(4-8)5-13-6-10-9(14)1-2-11(15)16-10;1-4-2-6(8)5(7)3-9-4;1-5-2-3-6(4-7)8-5;1-3-5-4-2;1-2/h7-10,15H,2-6,12-13H2,1H3,(H,14,16);7-11,13-15H,1-6,12H2;4-6,8H,2-3,7H2,1H3;5-7H,2-4H2,1H3;3-5H2,1-2H3;2H2,1H3/t;7?,8?,9-,10?,11-;4-,5-,6?;;;/m.00.../s1.